The van der Waals surface area contributed by atoms with Crippen molar-refractivity contribution in [1.82, 2.24) is 49.8 Å². The molecule has 0 atom stereocenters. The molecule has 330 valence electrons. The van der Waals surface area contributed by atoms with E-state index in [2.05, 4.69) is 74.1 Å². The summed E-state index contributed by atoms with van der Waals surface area (Å²) < 4.78 is 118. The van der Waals surface area contributed by atoms with E-state index in [4.69, 9.17) is 0 Å². The number of hydrogen-bond acceptors (Lipinski definition) is 10. The van der Waals surface area contributed by atoms with Gasteiger partial charge in [-0.05, 0) is 70.8 Å². The third-order valence-corrected chi connectivity index (χ3v) is 7.04. The first kappa shape index (κ1) is 49.4. The van der Waals surface area contributed by atoms with E-state index in [-0.39, 0.29) is 19.8 Å². The zero-order chi connectivity index (χ0) is 45.2. The summed E-state index contributed by atoms with van der Waals surface area (Å²) in [4.78, 5) is 43.7. The van der Waals surface area contributed by atoms with Gasteiger partial charge in [-0.2, -0.15) is 0 Å². The number of halogens is 12. The quantitative estimate of drug-likeness (QED) is 0.117. The van der Waals surface area contributed by atoms with Crippen LogP contribution in [0.4, 0.5) is 50.4 Å². The van der Waals surface area contributed by atoms with Crippen molar-refractivity contribution in [3.63, 3.8) is 0 Å². The Kier molecular flexibility index (Phi) is 14.3. The predicted octanol–water partition coefficient (Wildman–Crippen LogP) is 14.1. The van der Waals surface area contributed by atoms with Crippen molar-refractivity contribution in [3.8, 4) is 68.3 Å². The first-order chi connectivity index (χ1) is 28.7. The second kappa shape index (κ2) is 18.2. The molecule has 0 bridgehead atoms. The van der Waals surface area contributed by atoms with Crippen molar-refractivity contribution in [3.05, 3.63) is 159 Å². The van der Waals surface area contributed by atoms with Crippen molar-refractivity contribution >= 4 is 15.6 Å². The predicted molar refractivity (Wildman–Crippen MR) is 211 cm³/mol. The standard InChI is InChI=1S/2C19H13N5.2F6P.Os/c2*1-2-6-14(7-3-1)15-12-16(18-20-8-4-9-21-18)24-17(13-15)19-22-10-5-11-23-19;2*1-7(2,3,4,5)6;/h2*1-13H;;;/q;;2*-1;+2. The number of aromatic nitrogens is 10. The number of hydrogen-bond donors (Lipinski definition) is 0. The largest absolute Gasteiger partial charge is 2.00 e. The van der Waals surface area contributed by atoms with Gasteiger partial charge in [0.25, 0.3) is 0 Å². The van der Waals surface area contributed by atoms with E-state index in [9.17, 15) is 50.4 Å². The van der Waals surface area contributed by atoms with Crippen molar-refractivity contribution in [1.29, 1.82) is 0 Å². The maximum Gasteiger partial charge on any atom is 2.00 e. The Hall–Kier alpha value is -6.28. The number of nitrogens with zero attached hydrogens (tertiary/aromatic N) is 10. The molecule has 0 amide bonds. The smallest absolute Gasteiger partial charge is 0.241 e. The maximum absolute atomic E-state index is 10.7. The van der Waals surface area contributed by atoms with Crippen LogP contribution in [0.3, 0.4) is 0 Å². The third-order valence-electron chi connectivity index (χ3n) is 7.04. The average Bonchev–Trinajstić information content (AvgIpc) is 3.23. The van der Waals surface area contributed by atoms with Gasteiger partial charge in [0.05, 0.1) is 0 Å². The van der Waals surface area contributed by atoms with E-state index in [0.717, 1.165) is 22.3 Å². The van der Waals surface area contributed by atoms with Crippen LogP contribution in [0, 0.1) is 0 Å². The van der Waals surface area contributed by atoms with Crippen LogP contribution in [-0.2, 0) is 19.8 Å². The molecule has 0 aliphatic carbocycles. The molecule has 0 unspecified atom stereocenters. The van der Waals surface area contributed by atoms with Gasteiger partial charge < -0.3 is 0 Å². The molecular formula is C38H26F12N10OsP2. The Labute approximate surface area is 361 Å². The van der Waals surface area contributed by atoms with E-state index in [1.807, 2.05) is 60.7 Å². The molecule has 6 heterocycles. The summed E-state index contributed by atoms with van der Waals surface area (Å²) in [6.45, 7) is 0. The molecule has 0 spiro atoms. The van der Waals surface area contributed by atoms with Crippen LogP contribution in [0.15, 0.2) is 159 Å². The summed E-state index contributed by atoms with van der Waals surface area (Å²) in [5, 5.41) is 0. The third kappa shape index (κ3) is 20.0. The fourth-order valence-electron chi connectivity index (χ4n) is 4.84. The molecule has 10 nitrogen and oxygen atoms in total. The number of pyridine rings is 2. The monoisotopic (exact) mass is 1100 g/mol. The molecule has 25 heteroatoms. The van der Waals surface area contributed by atoms with Gasteiger partial charge in [-0.1, -0.05) is 60.7 Å². The molecule has 6 aromatic heterocycles. The molecule has 0 aliphatic heterocycles. The van der Waals surface area contributed by atoms with E-state index < -0.39 is 15.6 Å². The molecule has 63 heavy (non-hydrogen) atoms. The fourth-order valence-corrected chi connectivity index (χ4v) is 4.84. The molecule has 2 aromatic carbocycles. The minimum atomic E-state index is -10.7. The van der Waals surface area contributed by atoms with Gasteiger partial charge >= 0.3 is 85.8 Å². The van der Waals surface area contributed by atoms with Gasteiger partial charge in [-0.3, -0.25) is 0 Å². The first-order valence-electron chi connectivity index (χ1n) is 17.1. The molecule has 0 N–H and O–H groups in total. The van der Waals surface area contributed by atoms with Crippen molar-refractivity contribution in [2.45, 2.75) is 0 Å². The molecule has 8 aromatic rings. The van der Waals surface area contributed by atoms with Crippen molar-refractivity contribution < 1.29 is 70.2 Å². The van der Waals surface area contributed by atoms with Crippen LogP contribution in [0.5, 0.6) is 0 Å². The molecule has 0 fully saturated rings. The zero-order valence-electron chi connectivity index (χ0n) is 31.3. The molecular weight excluding hydrogens is 1080 g/mol. The van der Waals surface area contributed by atoms with E-state index in [0.29, 0.717) is 46.1 Å². The first-order valence-corrected chi connectivity index (χ1v) is 21.1. The van der Waals surface area contributed by atoms with E-state index in [1.165, 1.54) is 0 Å². The normalized spacial score (nSPS) is 13.1. The van der Waals surface area contributed by atoms with Crippen molar-refractivity contribution in [2.75, 3.05) is 0 Å². The van der Waals surface area contributed by atoms with Crippen LogP contribution < -0.4 is 0 Å². The second-order valence-corrected chi connectivity index (χ2v) is 16.0. The Morgan fingerprint density at radius 2 is 0.460 bits per heavy atom. The zero-order valence-corrected chi connectivity index (χ0v) is 35.6. The van der Waals surface area contributed by atoms with Gasteiger partial charge in [0, 0.05) is 49.6 Å². The minimum absolute atomic E-state index is 0. The maximum atomic E-state index is 9.87. The van der Waals surface area contributed by atoms with Crippen LogP contribution in [-0.4, -0.2) is 49.8 Å². The SMILES string of the molecule is F[P-](F)(F)(F)(F)F.F[P-](F)(F)(F)(F)F.[Os+2].c1ccc(-c2cc(-c3ncccn3)nc(-c3ncccn3)c2)cc1.c1ccc(-c2cc(-c3ncccn3)nc(-c3ncccn3)c2)cc1. The fraction of sp³-hybridized carbons (Fsp3) is 0. The van der Waals surface area contributed by atoms with Gasteiger partial charge in [-0.15, -0.1) is 0 Å². The molecule has 0 radical (unpaired) electrons. The Morgan fingerprint density at radius 1 is 0.270 bits per heavy atom. The summed E-state index contributed by atoms with van der Waals surface area (Å²) >= 11 is 0. The molecule has 0 aliphatic rings. The van der Waals surface area contributed by atoms with Gasteiger partial charge in [0.15, 0.2) is 23.3 Å². The Balaban J connectivity index is 0.000000211. The summed E-state index contributed by atoms with van der Waals surface area (Å²) in [7, 11) is -21.3. The van der Waals surface area contributed by atoms with Crippen molar-refractivity contribution in [2.24, 2.45) is 0 Å². The van der Waals surface area contributed by atoms with Gasteiger partial charge in [-0.25, -0.2) is 49.8 Å². The van der Waals surface area contributed by atoms with Crippen LogP contribution in [0.1, 0.15) is 0 Å². The molecule has 8 rings (SSSR count). The summed E-state index contributed by atoms with van der Waals surface area (Å²) in [6.07, 6.45) is 13.6. The van der Waals surface area contributed by atoms with E-state index in [1.54, 1.807) is 73.8 Å². The second-order valence-electron chi connectivity index (χ2n) is 12.2. The Bertz CT molecular complexity index is 2220. The van der Waals surface area contributed by atoms with Gasteiger partial charge in [0.1, 0.15) is 22.8 Å². The summed E-state index contributed by atoms with van der Waals surface area (Å²) in [6, 6.07) is 35.3. The van der Waals surface area contributed by atoms with Crippen LogP contribution >= 0.6 is 15.6 Å². The molecule has 0 saturated carbocycles. The van der Waals surface area contributed by atoms with Crippen LogP contribution in [0.25, 0.3) is 68.3 Å². The Morgan fingerprint density at radius 3 is 0.651 bits per heavy atom. The van der Waals surface area contributed by atoms with Gasteiger partial charge in [0.2, 0.25) is 0 Å². The summed E-state index contributed by atoms with van der Waals surface area (Å²) in [5.74, 6) is 2.31. The molecule has 0 saturated heterocycles. The van der Waals surface area contributed by atoms with Crippen LogP contribution in [0.2, 0.25) is 0 Å². The average molecular weight is 1100 g/mol. The van der Waals surface area contributed by atoms with E-state index >= 15 is 0 Å². The topological polar surface area (TPSA) is 129 Å². The minimum Gasteiger partial charge on any atom is -0.241 e. The number of benzene rings is 2. The summed E-state index contributed by atoms with van der Waals surface area (Å²) in [5.41, 5.74) is 7.01. The number of rotatable bonds is 6.